The van der Waals surface area contributed by atoms with Crippen molar-refractivity contribution in [3.8, 4) is 5.88 Å². The Hall–Kier alpha value is -3.26. The monoisotopic (exact) mass is 340 g/mol. The van der Waals surface area contributed by atoms with Gasteiger partial charge in [-0.2, -0.15) is 0 Å². The van der Waals surface area contributed by atoms with Crippen LogP contribution >= 0.6 is 0 Å². The van der Waals surface area contributed by atoms with Crippen LogP contribution in [0.2, 0.25) is 0 Å². The molecule has 0 radical (unpaired) electrons. The molecular formula is C17H16N4O4. The number of hydrogen-bond acceptors (Lipinski definition) is 6. The van der Waals surface area contributed by atoms with Gasteiger partial charge in [0.25, 0.3) is 0 Å². The van der Waals surface area contributed by atoms with Crippen molar-refractivity contribution in [3.63, 3.8) is 0 Å². The summed E-state index contributed by atoms with van der Waals surface area (Å²) in [5, 5.41) is 2.71. The van der Waals surface area contributed by atoms with Crippen LogP contribution in [0.1, 0.15) is 0 Å². The molecular weight excluding hydrogens is 324 g/mol. The Bertz CT molecular complexity index is 776. The van der Waals surface area contributed by atoms with E-state index in [0.29, 0.717) is 11.4 Å². The second kappa shape index (κ2) is 7.10. The number of aromatic nitrogens is 1. The fourth-order valence-electron chi connectivity index (χ4n) is 2.34. The molecule has 1 fully saturated rings. The van der Waals surface area contributed by atoms with Gasteiger partial charge in [-0.3, -0.25) is 19.8 Å². The first-order chi connectivity index (χ1) is 12.1. The van der Waals surface area contributed by atoms with Crippen molar-refractivity contribution in [2.75, 3.05) is 29.9 Å². The third kappa shape index (κ3) is 3.64. The van der Waals surface area contributed by atoms with E-state index in [9.17, 15) is 14.4 Å². The summed E-state index contributed by atoms with van der Waals surface area (Å²) >= 11 is 0. The van der Waals surface area contributed by atoms with Gasteiger partial charge in [0, 0.05) is 18.8 Å². The minimum Gasteiger partial charge on any atom is -0.391 e. The normalized spacial score (nSPS) is 14.4. The molecule has 2 heterocycles. The van der Waals surface area contributed by atoms with E-state index in [1.165, 1.54) is 23.2 Å². The maximum absolute atomic E-state index is 12.1. The van der Waals surface area contributed by atoms with E-state index < -0.39 is 6.09 Å². The standard InChI is InChI=1S/C17H16N4O4/c1-20(12-5-3-2-4-6-12)17(24)25-14-8-7-13(9-19-14)21-15(22)10-18-11-16(21)23/h2-9,18H,10-11H2,1H3. The van der Waals surface area contributed by atoms with E-state index in [2.05, 4.69) is 10.3 Å². The number of imide groups is 1. The molecule has 1 N–H and O–H groups in total. The molecule has 0 spiro atoms. The van der Waals surface area contributed by atoms with Gasteiger partial charge in [0.15, 0.2) is 0 Å². The van der Waals surface area contributed by atoms with Crippen LogP contribution < -0.4 is 19.9 Å². The number of piperazine rings is 1. The number of benzene rings is 1. The Morgan fingerprint density at radius 1 is 1.12 bits per heavy atom. The summed E-state index contributed by atoms with van der Waals surface area (Å²) in [6.45, 7) is 0.175. The van der Waals surface area contributed by atoms with E-state index in [1.54, 1.807) is 19.2 Å². The van der Waals surface area contributed by atoms with Crippen LogP contribution in [0.4, 0.5) is 16.2 Å². The Morgan fingerprint density at radius 2 is 1.80 bits per heavy atom. The molecule has 0 atom stereocenters. The average Bonchev–Trinajstić information content (AvgIpc) is 2.63. The molecule has 1 saturated heterocycles. The van der Waals surface area contributed by atoms with Crippen molar-refractivity contribution in [1.82, 2.24) is 10.3 Å². The molecule has 2 aromatic rings. The second-order valence-electron chi connectivity index (χ2n) is 5.34. The van der Waals surface area contributed by atoms with Gasteiger partial charge in [0.05, 0.1) is 25.0 Å². The third-order valence-corrected chi connectivity index (χ3v) is 3.64. The van der Waals surface area contributed by atoms with Crippen LogP contribution in [0.3, 0.4) is 0 Å². The molecule has 0 unspecified atom stereocenters. The summed E-state index contributed by atoms with van der Waals surface area (Å²) in [5.74, 6) is -0.634. The number of hydrogen-bond donors (Lipinski definition) is 1. The summed E-state index contributed by atoms with van der Waals surface area (Å²) in [6, 6.07) is 12.0. The molecule has 8 heteroatoms. The molecule has 0 aliphatic carbocycles. The summed E-state index contributed by atoms with van der Waals surface area (Å²) < 4.78 is 5.20. The first-order valence-corrected chi connectivity index (χ1v) is 7.59. The van der Waals surface area contributed by atoms with Gasteiger partial charge >= 0.3 is 6.09 Å². The quantitative estimate of drug-likeness (QED) is 0.844. The topological polar surface area (TPSA) is 91.8 Å². The van der Waals surface area contributed by atoms with Crippen molar-refractivity contribution in [3.05, 3.63) is 48.7 Å². The van der Waals surface area contributed by atoms with Crippen molar-refractivity contribution in [2.24, 2.45) is 0 Å². The van der Waals surface area contributed by atoms with E-state index >= 15 is 0 Å². The summed E-state index contributed by atoms with van der Waals surface area (Å²) in [7, 11) is 1.59. The van der Waals surface area contributed by atoms with Gasteiger partial charge in [-0.1, -0.05) is 18.2 Å². The van der Waals surface area contributed by atoms with Gasteiger partial charge in [-0.25, -0.2) is 14.7 Å². The van der Waals surface area contributed by atoms with Gasteiger partial charge < -0.3 is 4.74 Å². The summed E-state index contributed by atoms with van der Waals surface area (Å²) in [4.78, 5) is 42.2. The van der Waals surface area contributed by atoms with Crippen LogP contribution in [-0.4, -0.2) is 43.0 Å². The molecule has 8 nitrogen and oxygen atoms in total. The van der Waals surface area contributed by atoms with Gasteiger partial charge in [0.1, 0.15) is 0 Å². The number of pyridine rings is 1. The summed E-state index contributed by atoms with van der Waals surface area (Å²) in [5.41, 5.74) is 1.02. The number of carbonyl (C=O) groups excluding carboxylic acids is 3. The zero-order valence-corrected chi connectivity index (χ0v) is 13.5. The molecule has 1 aromatic carbocycles. The molecule has 3 amide bonds. The Morgan fingerprint density at radius 3 is 2.40 bits per heavy atom. The zero-order chi connectivity index (χ0) is 17.8. The van der Waals surface area contributed by atoms with E-state index in [4.69, 9.17) is 4.74 Å². The molecule has 0 saturated carbocycles. The smallest absolute Gasteiger partial charge is 0.391 e. The van der Waals surface area contributed by atoms with Gasteiger partial charge in [-0.05, 0) is 18.2 Å². The lowest BCUT2D eigenvalue weighted by Gasteiger charge is -2.25. The van der Waals surface area contributed by atoms with Crippen molar-refractivity contribution in [1.29, 1.82) is 0 Å². The van der Waals surface area contributed by atoms with Crippen LogP contribution in [0.15, 0.2) is 48.7 Å². The first-order valence-electron chi connectivity index (χ1n) is 7.59. The Balaban J connectivity index is 1.69. The second-order valence-corrected chi connectivity index (χ2v) is 5.34. The predicted octanol–water partition coefficient (Wildman–Crippen LogP) is 1.18. The number of amides is 3. The largest absolute Gasteiger partial charge is 0.420 e. The maximum Gasteiger partial charge on any atom is 0.420 e. The lowest BCUT2D eigenvalue weighted by Crippen LogP contribution is -2.52. The van der Waals surface area contributed by atoms with Crippen LogP contribution in [0.5, 0.6) is 5.88 Å². The fraction of sp³-hybridized carbons (Fsp3) is 0.176. The first kappa shape index (κ1) is 16.6. The lowest BCUT2D eigenvalue weighted by atomic mass is 10.3. The molecule has 3 rings (SSSR count). The highest BCUT2D eigenvalue weighted by Crippen LogP contribution is 2.19. The average molecular weight is 340 g/mol. The van der Waals surface area contributed by atoms with E-state index in [0.717, 1.165) is 4.90 Å². The van der Waals surface area contributed by atoms with E-state index in [1.807, 2.05) is 18.2 Å². The number of ether oxygens (including phenoxy) is 1. The highest BCUT2D eigenvalue weighted by molar-refractivity contribution is 6.17. The maximum atomic E-state index is 12.1. The Labute approximate surface area is 144 Å². The molecule has 1 aromatic heterocycles. The van der Waals surface area contributed by atoms with Crippen LogP contribution in [0.25, 0.3) is 0 Å². The number of nitrogens with zero attached hydrogens (tertiary/aromatic N) is 3. The van der Waals surface area contributed by atoms with Crippen molar-refractivity contribution < 1.29 is 19.1 Å². The number of rotatable bonds is 3. The highest BCUT2D eigenvalue weighted by Gasteiger charge is 2.27. The SMILES string of the molecule is CN(C(=O)Oc1ccc(N2C(=O)CNCC2=O)cn1)c1ccccc1. The molecule has 1 aliphatic rings. The van der Waals surface area contributed by atoms with Crippen LogP contribution in [-0.2, 0) is 9.59 Å². The lowest BCUT2D eigenvalue weighted by molar-refractivity contribution is -0.127. The van der Waals surface area contributed by atoms with Crippen molar-refractivity contribution >= 4 is 29.3 Å². The predicted molar refractivity (Wildman–Crippen MR) is 90.5 cm³/mol. The minimum absolute atomic E-state index is 0.0755. The number of carbonyl (C=O) groups is 3. The molecule has 128 valence electrons. The minimum atomic E-state index is -0.597. The number of para-hydroxylation sites is 1. The molecule has 25 heavy (non-hydrogen) atoms. The number of nitrogens with one attached hydrogen (secondary N) is 1. The van der Waals surface area contributed by atoms with E-state index in [-0.39, 0.29) is 30.8 Å². The zero-order valence-electron chi connectivity index (χ0n) is 13.5. The molecule has 0 bridgehead atoms. The van der Waals surface area contributed by atoms with Gasteiger partial charge in [-0.15, -0.1) is 0 Å². The van der Waals surface area contributed by atoms with Crippen LogP contribution in [0, 0.1) is 0 Å². The van der Waals surface area contributed by atoms with Crippen molar-refractivity contribution in [2.45, 2.75) is 0 Å². The molecule has 1 aliphatic heterocycles. The van der Waals surface area contributed by atoms with Gasteiger partial charge in [0.2, 0.25) is 17.7 Å². The number of anilines is 2. The highest BCUT2D eigenvalue weighted by atomic mass is 16.6. The fourth-order valence-corrected chi connectivity index (χ4v) is 2.34. The third-order valence-electron chi connectivity index (χ3n) is 3.64. The Kier molecular flexibility index (Phi) is 4.71. The summed E-state index contributed by atoms with van der Waals surface area (Å²) in [6.07, 6.45) is 0.729.